The van der Waals surface area contributed by atoms with E-state index in [1.54, 1.807) is 18.2 Å². The highest BCUT2D eigenvalue weighted by molar-refractivity contribution is 6.01. The lowest BCUT2D eigenvalue weighted by atomic mass is 10.1. The Hall–Kier alpha value is -2.61. The Balaban J connectivity index is 2.36. The topological polar surface area (TPSA) is 72.2 Å². The molecule has 0 atom stereocenters. The van der Waals surface area contributed by atoms with E-state index in [0.717, 1.165) is 0 Å². The van der Waals surface area contributed by atoms with Gasteiger partial charge in [-0.1, -0.05) is 6.07 Å². The highest BCUT2D eigenvalue weighted by atomic mass is 16.6. The molecule has 5 nitrogen and oxygen atoms in total. The highest BCUT2D eigenvalue weighted by Crippen LogP contribution is 2.31. The first-order chi connectivity index (χ1) is 8.81. The molecule has 3 rings (SSSR count). The third-order valence-corrected chi connectivity index (χ3v) is 2.75. The summed E-state index contributed by atoms with van der Waals surface area (Å²) < 4.78 is 10.5. The second-order valence-electron chi connectivity index (χ2n) is 3.80. The highest BCUT2D eigenvalue weighted by Gasteiger charge is 2.21. The number of carbonyl (C=O) groups is 1. The average molecular weight is 240 g/mol. The van der Waals surface area contributed by atoms with Crippen molar-refractivity contribution in [2.24, 2.45) is 0 Å². The molecule has 0 fully saturated rings. The fourth-order valence-electron chi connectivity index (χ4n) is 1.95. The van der Waals surface area contributed by atoms with Gasteiger partial charge in [-0.05, 0) is 12.1 Å². The van der Waals surface area contributed by atoms with E-state index in [9.17, 15) is 4.79 Å². The third kappa shape index (κ3) is 1.47. The van der Waals surface area contributed by atoms with E-state index in [2.05, 4.69) is 11.1 Å². The molecule has 0 bridgehead atoms. The molecule has 1 aliphatic rings. The van der Waals surface area contributed by atoms with Gasteiger partial charge in [-0.3, -0.25) is 4.98 Å². The van der Waals surface area contributed by atoms with Gasteiger partial charge in [0.25, 0.3) is 0 Å². The molecule has 1 aliphatic heterocycles. The van der Waals surface area contributed by atoms with Crippen molar-refractivity contribution in [1.29, 1.82) is 5.26 Å². The van der Waals surface area contributed by atoms with Crippen LogP contribution in [0.4, 0.5) is 0 Å². The van der Waals surface area contributed by atoms with Gasteiger partial charge in [0.15, 0.2) is 0 Å². The normalized spacial score (nSPS) is 14.1. The van der Waals surface area contributed by atoms with Gasteiger partial charge in [0, 0.05) is 11.6 Å². The summed E-state index contributed by atoms with van der Waals surface area (Å²) in [5, 5.41) is 9.68. The van der Waals surface area contributed by atoms with E-state index in [-0.39, 0.29) is 6.61 Å². The van der Waals surface area contributed by atoms with Crippen LogP contribution in [0.15, 0.2) is 24.4 Å². The Bertz CT molecular complexity index is 688. The molecule has 0 radical (unpaired) electrons. The number of nitrogens with zero attached hydrogens (tertiary/aromatic N) is 2. The van der Waals surface area contributed by atoms with Gasteiger partial charge in [0.05, 0.1) is 11.1 Å². The lowest BCUT2D eigenvalue weighted by Crippen LogP contribution is -2.05. The Labute approximate surface area is 103 Å². The summed E-state index contributed by atoms with van der Waals surface area (Å²) in [6.07, 6.45) is 1.40. The minimum Gasteiger partial charge on any atom is -0.488 e. The minimum absolute atomic E-state index is 0.215. The third-order valence-electron chi connectivity index (χ3n) is 2.75. The first kappa shape index (κ1) is 10.5. The molecule has 2 heterocycles. The second kappa shape index (κ2) is 4.00. The first-order valence-electron chi connectivity index (χ1n) is 5.43. The van der Waals surface area contributed by atoms with Gasteiger partial charge >= 0.3 is 5.97 Å². The number of aromatic nitrogens is 1. The lowest BCUT2D eigenvalue weighted by Gasteiger charge is -2.08. The van der Waals surface area contributed by atoms with Crippen molar-refractivity contribution in [1.82, 2.24) is 4.98 Å². The zero-order chi connectivity index (χ0) is 12.5. The average Bonchev–Trinajstić information content (AvgIpc) is 2.60. The summed E-state index contributed by atoms with van der Waals surface area (Å²) in [5.74, 6) is -0.00105. The van der Waals surface area contributed by atoms with Crippen LogP contribution < -0.4 is 4.74 Å². The Kier molecular flexibility index (Phi) is 2.34. The lowest BCUT2D eigenvalue weighted by molar-refractivity contribution is 0.0492. The fraction of sp³-hybridized carbons (Fsp3) is 0.154. The van der Waals surface area contributed by atoms with Crippen molar-refractivity contribution < 1.29 is 14.3 Å². The molecular weight excluding hydrogens is 232 g/mol. The minimum atomic E-state index is -0.445. The van der Waals surface area contributed by atoms with Gasteiger partial charge in [-0.15, -0.1) is 0 Å². The maximum atomic E-state index is 11.7. The molecule has 1 aromatic heterocycles. The second-order valence-corrected chi connectivity index (χ2v) is 3.80. The summed E-state index contributed by atoms with van der Waals surface area (Å²) in [6, 6.07) is 7.26. The van der Waals surface area contributed by atoms with E-state index in [4.69, 9.17) is 14.7 Å². The maximum absolute atomic E-state index is 11.7. The number of nitriles is 1. The van der Waals surface area contributed by atoms with Gasteiger partial charge in [-0.2, -0.15) is 5.26 Å². The fourth-order valence-corrected chi connectivity index (χ4v) is 1.95. The number of cyclic esters (lactones) is 1. The molecule has 2 aromatic rings. The first-order valence-corrected chi connectivity index (χ1v) is 5.43. The summed E-state index contributed by atoms with van der Waals surface area (Å²) >= 11 is 0. The monoisotopic (exact) mass is 240 g/mol. The number of para-hydroxylation sites is 1. The molecule has 88 valence electrons. The number of pyridine rings is 1. The summed E-state index contributed by atoms with van der Waals surface area (Å²) in [6.45, 7) is 0.515. The Morgan fingerprint density at radius 1 is 1.28 bits per heavy atom. The predicted octanol–water partition coefficient (Wildman–Crippen LogP) is 1.66. The molecule has 0 N–H and O–H groups in total. The van der Waals surface area contributed by atoms with Crippen LogP contribution in [0.1, 0.15) is 15.9 Å². The van der Waals surface area contributed by atoms with Crippen molar-refractivity contribution in [3.05, 3.63) is 35.5 Å². The van der Waals surface area contributed by atoms with Crippen LogP contribution in [0.2, 0.25) is 0 Å². The van der Waals surface area contributed by atoms with E-state index in [1.807, 2.05) is 0 Å². The quantitative estimate of drug-likeness (QED) is 0.655. The Morgan fingerprint density at radius 3 is 2.94 bits per heavy atom. The van der Waals surface area contributed by atoms with Crippen LogP contribution >= 0.6 is 0 Å². The molecule has 0 unspecified atom stereocenters. The van der Waals surface area contributed by atoms with Crippen LogP contribution in [0, 0.1) is 11.3 Å². The SMILES string of the molecule is N#Cc1cccc2c3c(cnc12)C(=O)OCCO3. The van der Waals surface area contributed by atoms with E-state index in [0.29, 0.717) is 34.4 Å². The predicted molar refractivity (Wildman–Crippen MR) is 62.2 cm³/mol. The number of fused-ring (bicyclic) bond motifs is 3. The van der Waals surface area contributed by atoms with Crippen LogP contribution in [0.5, 0.6) is 5.75 Å². The zero-order valence-electron chi connectivity index (χ0n) is 9.34. The van der Waals surface area contributed by atoms with Gasteiger partial charge in [0.1, 0.15) is 30.6 Å². The van der Waals surface area contributed by atoms with E-state index < -0.39 is 5.97 Å². The van der Waals surface area contributed by atoms with Crippen LogP contribution in [0.3, 0.4) is 0 Å². The van der Waals surface area contributed by atoms with Gasteiger partial charge in [-0.25, -0.2) is 4.79 Å². The van der Waals surface area contributed by atoms with Gasteiger partial charge in [0.2, 0.25) is 0 Å². The smallest absolute Gasteiger partial charge is 0.343 e. The Morgan fingerprint density at radius 2 is 2.11 bits per heavy atom. The van der Waals surface area contributed by atoms with Crippen LogP contribution in [-0.4, -0.2) is 24.2 Å². The van der Waals surface area contributed by atoms with Crippen molar-refractivity contribution >= 4 is 16.9 Å². The summed E-state index contributed by atoms with van der Waals surface area (Å²) in [7, 11) is 0. The molecule has 1 aromatic carbocycles. The number of hydrogen-bond acceptors (Lipinski definition) is 5. The zero-order valence-corrected chi connectivity index (χ0v) is 9.34. The molecule has 0 amide bonds. The number of rotatable bonds is 0. The number of esters is 1. The van der Waals surface area contributed by atoms with Crippen molar-refractivity contribution in [2.75, 3.05) is 13.2 Å². The van der Waals surface area contributed by atoms with Crippen molar-refractivity contribution in [3.63, 3.8) is 0 Å². The van der Waals surface area contributed by atoms with E-state index >= 15 is 0 Å². The maximum Gasteiger partial charge on any atom is 0.343 e. The molecule has 0 aliphatic carbocycles. The molecule has 0 saturated heterocycles. The molecule has 0 spiro atoms. The number of ether oxygens (including phenoxy) is 2. The molecule has 5 heteroatoms. The molecular formula is C13H8N2O3. The summed E-state index contributed by atoms with van der Waals surface area (Å²) in [4.78, 5) is 15.9. The van der Waals surface area contributed by atoms with Crippen molar-refractivity contribution in [3.8, 4) is 11.8 Å². The molecule has 0 saturated carbocycles. The standard InChI is InChI=1S/C13H8N2O3/c14-6-8-2-1-3-9-11(8)15-7-10-12(9)17-4-5-18-13(10)16/h1-3,7H,4-5H2. The van der Waals surface area contributed by atoms with Crippen LogP contribution in [-0.2, 0) is 4.74 Å². The van der Waals surface area contributed by atoms with Gasteiger partial charge < -0.3 is 9.47 Å². The largest absolute Gasteiger partial charge is 0.488 e. The number of benzene rings is 1. The van der Waals surface area contributed by atoms with Crippen molar-refractivity contribution in [2.45, 2.75) is 0 Å². The van der Waals surface area contributed by atoms with Crippen LogP contribution in [0.25, 0.3) is 10.9 Å². The number of carbonyl (C=O) groups excluding carboxylic acids is 1. The summed E-state index contributed by atoms with van der Waals surface area (Å²) in [5.41, 5.74) is 1.29. The van der Waals surface area contributed by atoms with E-state index in [1.165, 1.54) is 6.20 Å². The molecule has 18 heavy (non-hydrogen) atoms. The number of hydrogen-bond donors (Lipinski definition) is 0.